The van der Waals surface area contributed by atoms with E-state index in [1.807, 2.05) is 6.92 Å². The van der Waals surface area contributed by atoms with Crippen molar-refractivity contribution in [1.82, 2.24) is 20.6 Å². The van der Waals surface area contributed by atoms with Gasteiger partial charge in [-0.1, -0.05) is 20.3 Å². The molecule has 2 rings (SSSR count). The number of aromatic nitrogens is 2. The summed E-state index contributed by atoms with van der Waals surface area (Å²) >= 11 is 0. The molecule has 2 atom stereocenters. The van der Waals surface area contributed by atoms with Gasteiger partial charge in [-0.15, -0.1) is 0 Å². The summed E-state index contributed by atoms with van der Waals surface area (Å²) in [6.07, 6.45) is 7.48. The van der Waals surface area contributed by atoms with Gasteiger partial charge in [-0.05, 0) is 32.6 Å². The van der Waals surface area contributed by atoms with Gasteiger partial charge in [0.1, 0.15) is 5.69 Å². The number of amides is 2. The number of hydrogen-bond acceptors (Lipinski definition) is 4. The number of carbonyl (C=O) groups is 2. The molecule has 2 N–H and O–H groups in total. The Hall–Kier alpha value is -1.98. The summed E-state index contributed by atoms with van der Waals surface area (Å²) in [6.45, 7) is 5.96. The molecule has 6 heteroatoms. The Morgan fingerprint density at radius 2 is 1.96 bits per heavy atom. The molecule has 0 aromatic carbocycles. The first-order chi connectivity index (χ1) is 11.0. The van der Waals surface area contributed by atoms with Crippen LogP contribution in [0.25, 0.3) is 0 Å². The summed E-state index contributed by atoms with van der Waals surface area (Å²) in [7, 11) is 0. The van der Waals surface area contributed by atoms with Gasteiger partial charge >= 0.3 is 0 Å². The minimum Gasteiger partial charge on any atom is -0.353 e. The first-order valence-corrected chi connectivity index (χ1v) is 8.45. The van der Waals surface area contributed by atoms with Crippen molar-refractivity contribution in [2.24, 2.45) is 5.92 Å². The third kappa shape index (κ3) is 4.50. The average molecular weight is 318 g/mol. The summed E-state index contributed by atoms with van der Waals surface area (Å²) < 4.78 is 0. The summed E-state index contributed by atoms with van der Waals surface area (Å²) in [5.74, 6) is -0.362. The Labute approximate surface area is 137 Å². The summed E-state index contributed by atoms with van der Waals surface area (Å²) in [5.41, 5.74) is 1.06. The van der Waals surface area contributed by atoms with Gasteiger partial charge in [0, 0.05) is 18.3 Å². The molecule has 0 unspecified atom stereocenters. The number of carbonyl (C=O) groups excluding carboxylic acids is 2. The fraction of sp³-hybridized carbons (Fsp3) is 0.647. The van der Waals surface area contributed by atoms with Crippen LogP contribution in [0, 0.1) is 12.8 Å². The SMILES string of the molecule is CCC(CC)NC(=O)[C@H]1CCC[C@H]1NC(=O)c1cnc(C)cn1. The Morgan fingerprint density at radius 3 is 2.57 bits per heavy atom. The van der Waals surface area contributed by atoms with Crippen LogP contribution in [0.1, 0.15) is 62.1 Å². The zero-order valence-corrected chi connectivity index (χ0v) is 14.1. The molecule has 1 heterocycles. The maximum atomic E-state index is 12.5. The highest BCUT2D eigenvalue weighted by Gasteiger charge is 2.34. The van der Waals surface area contributed by atoms with Crippen LogP contribution >= 0.6 is 0 Å². The zero-order chi connectivity index (χ0) is 16.8. The molecule has 126 valence electrons. The highest BCUT2D eigenvalue weighted by atomic mass is 16.2. The van der Waals surface area contributed by atoms with Crippen LogP contribution in [-0.4, -0.2) is 33.9 Å². The fourth-order valence-corrected chi connectivity index (χ4v) is 3.00. The van der Waals surface area contributed by atoms with Crippen molar-refractivity contribution in [2.45, 2.75) is 65.0 Å². The van der Waals surface area contributed by atoms with Gasteiger partial charge in [0.25, 0.3) is 5.91 Å². The van der Waals surface area contributed by atoms with Crippen molar-refractivity contribution in [1.29, 1.82) is 0 Å². The lowest BCUT2D eigenvalue weighted by Crippen LogP contribution is -2.46. The van der Waals surface area contributed by atoms with Gasteiger partial charge in [0.15, 0.2) is 0 Å². The number of aryl methyl sites for hydroxylation is 1. The van der Waals surface area contributed by atoms with Crippen LogP contribution in [0.2, 0.25) is 0 Å². The molecule has 23 heavy (non-hydrogen) atoms. The van der Waals surface area contributed by atoms with Gasteiger partial charge < -0.3 is 10.6 Å². The van der Waals surface area contributed by atoms with E-state index in [-0.39, 0.29) is 29.8 Å². The largest absolute Gasteiger partial charge is 0.353 e. The fourth-order valence-electron chi connectivity index (χ4n) is 3.00. The van der Waals surface area contributed by atoms with Crippen LogP contribution in [0.5, 0.6) is 0 Å². The van der Waals surface area contributed by atoms with E-state index in [0.717, 1.165) is 37.8 Å². The van der Waals surface area contributed by atoms with Crippen molar-refractivity contribution in [3.8, 4) is 0 Å². The second kappa shape index (κ2) is 8.04. The lowest BCUT2D eigenvalue weighted by Gasteiger charge is -2.23. The minimum atomic E-state index is -0.260. The van der Waals surface area contributed by atoms with Crippen LogP contribution in [-0.2, 0) is 4.79 Å². The monoisotopic (exact) mass is 318 g/mol. The molecule has 0 saturated heterocycles. The Bertz CT molecular complexity index is 540. The maximum Gasteiger partial charge on any atom is 0.271 e. The molecule has 1 fully saturated rings. The number of nitrogens with one attached hydrogen (secondary N) is 2. The molecule has 1 aliphatic rings. The first kappa shape index (κ1) is 17.4. The first-order valence-electron chi connectivity index (χ1n) is 8.45. The lowest BCUT2D eigenvalue weighted by atomic mass is 10.0. The van der Waals surface area contributed by atoms with Crippen molar-refractivity contribution in [2.75, 3.05) is 0 Å². The molecule has 0 spiro atoms. The van der Waals surface area contributed by atoms with Crippen LogP contribution in [0.4, 0.5) is 0 Å². The van der Waals surface area contributed by atoms with Crippen molar-refractivity contribution in [3.05, 3.63) is 23.8 Å². The molecule has 1 aromatic heterocycles. The number of nitrogens with zero attached hydrogens (tertiary/aromatic N) is 2. The third-order valence-corrected chi connectivity index (χ3v) is 4.51. The van der Waals surface area contributed by atoms with Crippen LogP contribution in [0.15, 0.2) is 12.4 Å². The van der Waals surface area contributed by atoms with Gasteiger partial charge in [-0.2, -0.15) is 0 Å². The Kier molecular flexibility index (Phi) is 6.07. The molecule has 2 amide bonds. The molecule has 0 radical (unpaired) electrons. The lowest BCUT2D eigenvalue weighted by molar-refractivity contribution is -0.126. The normalized spacial score (nSPS) is 20.5. The molecular weight excluding hydrogens is 292 g/mol. The highest BCUT2D eigenvalue weighted by molar-refractivity contribution is 5.92. The topological polar surface area (TPSA) is 84.0 Å². The summed E-state index contributed by atoms with van der Waals surface area (Å²) in [6, 6.07) is 0.0855. The van der Waals surface area contributed by atoms with E-state index in [4.69, 9.17) is 0 Å². The number of rotatable bonds is 6. The van der Waals surface area contributed by atoms with Crippen molar-refractivity contribution in [3.63, 3.8) is 0 Å². The number of hydrogen-bond donors (Lipinski definition) is 2. The molecular formula is C17H26N4O2. The second-order valence-electron chi connectivity index (χ2n) is 6.18. The third-order valence-electron chi connectivity index (χ3n) is 4.51. The van der Waals surface area contributed by atoms with Crippen LogP contribution < -0.4 is 10.6 Å². The molecule has 0 aliphatic heterocycles. The summed E-state index contributed by atoms with van der Waals surface area (Å²) in [5, 5.41) is 6.04. The Morgan fingerprint density at radius 1 is 1.22 bits per heavy atom. The van der Waals surface area contributed by atoms with E-state index in [9.17, 15) is 9.59 Å². The quantitative estimate of drug-likeness (QED) is 0.840. The van der Waals surface area contributed by atoms with E-state index in [2.05, 4.69) is 34.4 Å². The van der Waals surface area contributed by atoms with E-state index in [1.165, 1.54) is 6.20 Å². The smallest absolute Gasteiger partial charge is 0.271 e. The Balaban J connectivity index is 1.97. The van der Waals surface area contributed by atoms with Crippen molar-refractivity contribution >= 4 is 11.8 Å². The van der Waals surface area contributed by atoms with Gasteiger partial charge in [-0.25, -0.2) is 4.98 Å². The molecule has 1 aliphatic carbocycles. The van der Waals surface area contributed by atoms with E-state index >= 15 is 0 Å². The van der Waals surface area contributed by atoms with Gasteiger partial charge in [0.2, 0.25) is 5.91 Å². The minimum absolute atomic E-state index is 0.0523. The van der Waals surface area contributed by atoms with Gasteiger partial charge in [0.05, 0.1) is 17.8 Å². The predicted molar refractivity (Wildman–Crippen MR) is 87.9 cm³/mol. The summed E-state index contributed by atoms with van der Waals surface area (Å²) in [4.78, 5) is 32.9. The predicted octanol–water partition coefficient (Wildman–Crippen LogP) is 1.99. The van der Waals surface area contributed by atoms with Crippen LogP contribution in [0.3, 0.4) is 0 Å². The average Bonchev–Trinajstić information content (AvgIpc) is 3.01. The maximum absolute atomic E-state index is 12.5. The van der Waals surface area contributed by atoms with E-state index in [1.54, 1.807) is 6.20 Å². The molecule has 6 nitrogen and oxygen atoms in total. The standard InChI is InChI=1S/C17H26N4O2/c1-4-12(5-2)20-16(22)13-7-6-8-14(13)21-17(23)15-10-18-11(3)9-19-15/h9-10,12-14H,4-8H2,1-3H3,(H,20,22)(H,21,23)/t13-,14+/m0/s1. The van der Waals surface area contributed by atoms with E-state index in [0.29, 0.717) is 5.69 Å². The van der Waals surface area contributed by atoms with Gasteiger partial charge in [-0.3, -0.25) is 14.6 Å². The molecule has 1 saturated carbocycles. The van der Waals surface area contributed by atoms with Crippen molar-refractivity contribution < 1.29 is 9.59 Å². The second-order valence-corrected chi connectivity index (χ2v) is 6.18. The molecule has 0 bridgehead atoms. The highest BCUT2D eigenvalue weighted by Crippen LogP contribution is 2.26. The molecule has 1 aromatic rings. The van der Waals surface area contributed by atoms with E-state index < -0.39 is 0 Å². The zero-order valence-electron chi connectivity index (χ0n) is 14.1.